The minimum Gasteiger partial charge on any atom is -0.368 e. The first-order chi connectivity index (χ1) is 14.3. The van der Waals surface area contributed by atoms with Crippen molar-refractivity contribution in [2.45, 2.75) is 19.9 Å². The molecule has 1 aliphatic rings. The van der Waals surface area contributed by atoms with E-state index < -0.39 is 17.7 Å². The van der Waals surface area contributed by atoms with Gasteiger partial charge in [-0.25, -0.2) is 0 Å². The van der Waals surface area contributed by atoms with Crippen molar-refractivity contribution in [3.8, 4) is 0 Å². The summed E-state index contributed by atoms with van der Waals surface area (Å²) < 4.78 is 0. The van der Waals surface area contributed by atoms with Crippen LogP contribution in [-0.2, 0) is 20.9 Å². The lowest BCUT2D eigenvalue weighted by molar-refractivity contribution is -0.128. The van der Waals surface area contributed by atoms with Gasteiger partial charge in [-0.15, -0.1) is 0 Å². The van der Waals surface area contributed by atoms with Crippen molar-refractivity contribution >= 4 is 29.3 Å². The van der Waals surface area contributed by atoms with Gasteiger partial charge >= 0.3 is 0 Å². The zero-order valence-corrected chi connectivity index (χ0v) is 16.7. The Morgan fingerprint density at radius 1 is 1.07 bits per heavy atom. The Bertz CT molecular complexity index is 954. The number of likely N-dealkylation sites (tertiary alicyclic amines) is 1. The highest BCUT2D eigenvalue weighted by Crippen LogP contribution is 2.22. The van der Waals surface area contributed by atoms with E-state index in [1.54, 1.807) is 17.0 Å². The lowest BCUT2D eigenvalue weighted by Gasteiger charge is -2.17. The highest BCUT2D eigenvalue weighted by Gasteiger charge is 2.34. The summed E-state index contributed by atoms with van der Waals surface area (Å²) in [7, 11) is 0. The van der Waals surface area contributed by atoms with Gasteiger partial charge in [0.15, 0.2) is 0 Å². The van der Waals surface area contributed by atoms with Crippen LogP contribution in [-0.4, -0.2) is 41.6 Å². The number of carbonyl (C=O) groups excluding carboxylic acids is 4. The summed E-state index contributed by atoms with van der Waals surface area (Å²) in [6.07, 6.45) is 0.172. The van der Waals surface area contributed by atoms with Gasteiger partial charge in [0.05, 0.1) is 12.5 Å². The number of primary amides is 1. The van der Waals surface area contributed by atoms with E-state index in [2.05, 4.69) is 10.6 Å². The maximum Gasteiger partial charge on any atom is 0.251 e. The molecule has 1 saturated heterocycles. The lowest BCUT2D eigenvalue weighted by atomic mass is 10.1. The molecule has 3 rings (SSSR count). The Kier molecular flexibility index (Phi) is 6.46. The van der Waals surface area contributed by atoms with E-state index in [-0.39, 0.29) is 24.8 Å². The quantitative estimate of drug-likeness (QED) is 0.637. The van der Waals surface area contributed by atoms with Crippen LogP contribution in [0.2, 0.25) is 0 Å². The minimum atomic E-state index is -0.630. The van der Waals surface area contributed by atoms with Crippen molar-refractivity contribution in [1.82, 2.24) is 10.2 Å². The predicted octanol–water partition coefficient (Wildman–Crippen LogP) is 1.20. The van der Waals surface area contributed by atoms with Gasteiger partial charge in [-0.2, -0.15) is 0 Å². The average molecular weight is 408 g/mol. The first-order valence-electron chi connectivity index (χ1n) is 9.62. The number of benzene rings is 2. The molecule has 0 aromatic heterocycles. The van der Waals surface area contributed by atoms with Crippen molar-refractivity contribution in [1.29, 1.82) is 0 Å². The molecule has 1 unspecified atom stereocenters. The second-order valence-electron chi connectivity index (χ2n) is 7.38. The van der Waals surface area contributed by atoms with Crippen molar-refractivity contribution in [2.75, 3.05) is 18.4 Å². The maximum absolute atomic E-state index is 12.6. The SMILES string of the molecule is Cc1ccc(CN2CC(C(=O)Nc3ccc(C(=O)NCC(N)=O)cc3)CC2=O)cc1. The number of rotatable bonds is 7. The standard InChI is InChI=1S/C22H24N4O4/c1-14-2-4-15(5-3-14)12-26-13-17(10-20(26)28)22(30)25-18-8-6-16(7-9-18)21(29)24-11-19(23)27/h2-9,17H,10-13H2,1H3,(H2,23,27)(H,24,29)(H,25,30). The normalized spacial score (nSPS) is 15.7. The molecule has 1 heterocycles. The number of aryl methyl sites for hydroxylation is 1. The molecule has 8 nitrogen and oxygen atoms in total. The van der Waals surface area contributed by atoms with Crippen LogP contribution in [0.15, 0.2) is 48.5 Å². The smallest absolute Gasteiger partial charge is 0.251 e. The topological polar surface area (TPSA) is 122 Å². The fourth-order valence-corrected chi connectivity index (χ4v) is 3.23. The Hall–Kier alpha value is -3.68. The third kappa shape index (κ3) is 5.44. The molecule has 2 aromatic rings. The molecule has 30 heavy (non-hydrogen) atoms. The Morgan fingerprint density at radius 3 is 2.37 bits per heavy atom. The van der Waals surface area contributed by atoms with Crippen molar-refractivity contribution in [3.05, 3.63) is 65.2 Å². The van der Waals surface area contributed by atoms with E-state index in [1.807, 2.05) is 31.2 Å². The van der Waals surface area contributed by atoms with Gasteiger partial charge < -0.3 is 21.3 Å². The molecule has 156 valence electrons. The molecule has 0 spiro atoms. The zero-order chi connectivity index (χ0) is 21.7. The number of nitrogens with two attached hydrogens (primary N) is 1. The molecule has 1 atom stereocenters. The summed E-state index contributed by atoms with van der Waals surface area (Å²) in [4.78, 5) is 49.2. The molecule has 8 heteroatoms. The van der Waals surface area contributed by atoms with Crippen molar-refractivity contribution in [2.24, 2.45) is 11.7 Å². The molecule has 0 bridgehead atoms. The highest BCUT2D eigenvalue weighted by molar-refractivity contribution is 5.99. The van der Waals surface area contributed by atoms with Crippen LogP contribution in [0.5, 0.6) is 0 Å². The third-order valence-corrected chi connectivity index (χ3v) is 4.92. The van der Waals surface area contributed by atoms with Gasteiger partial charge in [0.2, 0.25) is 17.7 Å². The Morgan fingerprint density at radius 2 is 1.73 bits per heavy atom. The number of hydrogen-bond donors (Lipinski definition) is 3. The fraction of sp³-hybridized carbons (Fsp3) is 0.273. The van der Waals surface area contributed by atoms with E-state index >= 15 is 0 Å². The van der Waals surface area contributed by atoms with Crippen LogP contribution in [0, 0.1) is 12.8 Å². The van der Waals surface area contributed by atoms with Crippen LogP contribution in [0.1, 0.15) is 27.9 Å². The van der Waals surface area contributed by atoms with Gasteiger partial charge in [0, 0.05) is 30.8 Å². The number of hydrogen-bond acceptors (Lipinski definition) is 4. The van der Waals surface area contributed by atoms with Crippen molar-refractivity contribution in [3.63, 3.8) is 0 Å². The van der Waals surface area contributed by atoms with E-state index in [0.29, 0.717) is 24.3 Å². The van der Waals surface area contributed by atoms with Gasteiger partial charge in [0.25, 0.3) is 5.91 Å². The minimum absolute atomic E-state index is 0.0443. The first-order valence-corrected chi connectivity index (χ1v) is 9.62. The average Bonchev–Trinajstić information content (AvgIpc) is 3.09. The third-order valence-electron chi connectivity index (χ3n) is 4.92. The van der Waals surface area contributed by atoms with Crippen LogP contribution in [0.25, 0.3) is 0 Å². The summed E-state index contributed by atoms with van der Waals surface area (Å²) in [6, 6.07) is 14.2. The molecule has 1 fully saturated rings. The molecule has 4 N–H and O–H groups in total. The number of amides is 4. The Labute approximate surface area is 174 Å². The van der Waals surface area contributed by atoms with E-state index in [1.165, 1.54) is 12.1 Å². The van der Waals surface area contributed by atoms with Crippen molar-refractivity contribution < 1.29 is 19.2 Å². The van der Waals surface area contributed by atoms with E-state index in [0.717, 1.165) is 11.1 Å². The monoisotopic (exact) mass is 408 g/mol. The van der Waals surface area contributed by atoms with Gasteiger partial charge in [-0.05, 0) is 36.8 Å². The lowest BCUT2D eigenvalue weighted by Crippen LogP contribution is -2.33. The molecule has 0 aliphatic carbocycles. The molecule has 0 saturated carbocycles. The van der Waals surface area contributed by atoms with Crippen LogP contribution >= 0.6 is 0 Å². The molecule has 1 aliphatic heterocycles. The summed E-state index contributed by atoms with van der Waals surface area (Å²) in [5, 5.41) is 5.18. The number of nitrogens with zero attached hydrogens (tertiary/aromatic N) is 1. The number of anilines is 1. The summed E-state index contributed by atoms with van der Waals surface area (Å²) in [5.41, 5.74) is 8.04. The predicted molar refractivity (Wildman–Crippen MR) is 111 cm³/mol. The molecule has 0 radical (unpaired) electrons. The number of carbonyl (C=O) groups is 4. The first kappa shape index (κ1) is 21.0. The molecule has 4 amide bonds. The van der Waals surface area contributed by atoms with Crippen LogP contribution in [0.3, 0.4) is 0 Å². The summed E-state index contributed by atoms with van der Waals surface area (Å²) in [6.45, 7) is 2.61. The molecular formula is C22H24N4O4. The van der Waals surface area contributed by atoms with E-state index in [9.17, 15) is 19.2 Å². The van der Waals surface area contributed by atoms with Crippen LogP contribution < -0.4 is 16.4 Å². The number of nitrogens with one attached hydrogen (secondary N) is 2. The molecule has 2 aromatic carbocycles. The maximum atomic E-state index is 12.6. The zero-order valence-electron chi connectivity index (χ0n) is 16.7. The van der Waals surface area contributed by atoms with Gasteiger partial charge in [0.1, 0.15) is 0 Å². The fourth-order valence-electron chi connectivity index (χ4n) is 3.23. The van der Waals surface area contributed by atoms with E-state index in [4.69, 9.17) is 5.73 Å². The van der Waals surface area contributed by atoms with Gasteiger partial charge in [-0.1, -0.05) is 29.8 Å². The summed E-state index contributed by atoms with van der Waals surface area (Å²) >= 11 is 0. The highest BCUT2D eigenvalue weighted by atomic mass is 16.2. The molecular weight excluding hydrogens is 384 g/mol. The van der Waals surface area contributed by atoms with Gasteiger partial charge in [-0.3, -0.25) is 19.2 Å². The second-order valence-corrected chi connectivity index (χ2v) is 7.38. The Balaban J connectivity index is 1.54. The van der Waals surface area contributed by atoms with Crippen LogP contribution in [0.4, 0.5) is 5.69 Å². The summed E-state index contributed by atoms with van der Waals surface area (Å²) in [5.74, 6) is -1.77. The second kappa shape index (κ2) is 9.21. The largest absolute Gasteiger partial charge is 0.368 e.